The van der Waals surface area contributed by atoms with Gasteiger partial charge in [0.25, 0.3) is 5.91 Å². The maximum Gasteiger partial charge on any atom is 0.277 e. The fourth-order valence-corrected chi connectivity index (χ4v) is 2.94. The third-order valence-corrected chi connectivity index (χ3v) is 4.30. The van der Waals surface area contributed by atoms with Gasteiger partial charge in [0.1, 0.15) is 5.76 Å². The topological polar surface area (TPSA) is 73.1 Å². The minimum atomic E-state index is -0.386. The molecule has 1 amide bonds. The Morgan fingerprint density at radius 2 is 1.81 bits per heavy atom. The Bertz CT molecular complexity index is 909. The van der Waals surface area contributed by atoms with Gasteiger partial charge >= 0.3 is 0 Å². The second kappa shape index (κ2) is 9.49. The first-order chi connectivity index (χ1) is 13.2. The lowest BCUT2D eigenvalue weighted by molar-refractivity contribution is -0.123. The van der Waals surface area contributed by atoms with Crippen molar-refractivity contribution in [1.29, 1.82) is 0 Å². The molecule has 0 atom stereocenters. The first-order valence-electron chi connectivity index (χ1n) is 8.15. The molecule has 138 valence electrons. The van der Waals surface area contributed by atoms with Crippen LogP contribution in [0, 0.1) is 0 Å². The molecular formula is C20H18N2O4S. The molecule has 0 saturated heterocycles. The minimum Gasteiger partial charge on any atom is -0.493 e. The number of benzene rings is 2. The summed E-state index contributed by atoms with van der Waals surface area (Å²) in [4.78, 5) is 12.9. The summed E-state index contributed by atoms with van der Waals surface area (Å²) in [5, 5.41) is 4.62. The number of methoxy groups -OCH3 is 1. The first-order valence-corrected chi connectivity index (χ1v) is 8.97. The fourth-order valence-electron chi connectivity index (χ4n) is 2.14. The van der Waals surface area contributed by atoms with Crippen LogP contribution < -0.4 is 14.9 Å². The van der Waals surface area contributed by atoms with Crippen molar-refractivity contribution in [2.24, 2.45) is 5.10 Å². The highest BCUT2D eigenvalue weighted by molar-refractivity contribution is 7.99. The smallest absolute Gasteiger partial charge is 0.277 e. The number of nitrogens with zero attached hydrogens (tertiary/aromatic N) is 1. The Morgan fingerprint density at radius 1 is 1.07 bits per heavy atom. The van der Waals surface area contributed by atoms with E-state index in [9.17, 15) is 4.79 Å². The third kappa shape index (κ3) is 5.65. The van der Waals surface area contributed by atoms with Crippen molar-refractivity contribution in [3.63, 3.8) is 0 Å². The molecule has 0 unspecified atom stereocenters. The van der Waals surface area contributed by atoms with Crippen molar-refractivity contribution in [3.05, 3.63) is 72.5 Å². The van der Waals surface area contributed by atoms with E-state index in [0.717, 1.165) is 9.99 Å². The molecule has 7 heteroatoms. The van der Waals surface area contributed by atoms with Gasteiger partial charge in [0.05, 0.1) is 13.3 Å². The van der Waals surface area contributed by atoms with Gasteiger partial charge in [-0.3, -0.25) is 4.79 Å². The molecule has 3 aromatic rings. The quantitative estimate of drug-likeness (QED) is 0.471. The van der Waals surface area contributed by atoms with Crippen LogP contribution in [0.1, 0.15) is 5.76 Å². The predicted octanol–water partition coefficient (Wildman–Crippen LogP) is 3.97. The molecule has 1 heterocycles. The molecule has 0 fully saturated rings. The van der Waals surface area contributed by atoms with Gasteiger partial charge in [-0.1, -0.05) is 42.1 Å². The van der Waals surface area contributed by atoms with Gasteiger partial charge < -0.3 is 13.9 Å². The molecule has 0 saturated carbocycles. The maximum absolute atomic E-state index is 11.8. The number of hydrazone groups is 1. The zero-order chi connectivity index (χ0) is 18.9. The normalized spacial score (nSPS) is 10.7. The highest BCUT2D eigenvalue weighted by Gasteiger charge is 2.06. The molecule has 0 aliphatic carbocycles. The van der Waals surface area contributed by atoms with E-state index in [0.29, 0.717) is 17.3 Å². The number of nitrogens with one attached hydrogen (secondary N) is 1. The van der Waals surface area contributed by atoms with Crippen LogP contribution in [-0.4, -0.2) is 25.8 Å². The van der Waals surface area contributed by atoms with Gasteiger partial charge in [-0.05, 0) is 36.4 Å². The molecular weight excluding hydrogens is 364 g/mol. The zero-order valence-corrected chi connectivity index (χ0v) is 15.4. The standard InChI is InChI=1S/C20H18N2O4S/c1-24-17-9-5-6-10-18(17)25-14-19(23)22-21-13-15-11-12-20(26-15)27-16-7-3-2-4-8-16/h2-13H,14H2,1H3,(H,22,23)/b21-13+. The molecule has 0 aliphatic heterocycles. The summed E-state index contributed by atoms with van der Waals surface area (Å²) >= 11 is 1.51. The van der Waals surface area contributed by atoms with E-state index in [4.69, 9.17) is 13.9 Å². The first kappa shape index (κ1) is 18.6. The molecule has 0 bridgehead atoms. The summed E-state index contributed by atoms with van der Waals surface area (Å²) < 4.78 is 16.2. The van der Waals surface area contributed by atoms with E-state index in [-0.39, 0.29) is 12.5 Å². The van der Waals surface area contributed by atoms with Crippen LogP contribution >= 0.6 is 11.8 Å². The van der Waals surface area contributed by atoms with Crippen LogP contribution in [0.4, 0.5) is 0 Å². The number of hydrogen-bond acceptors (Lipinski definition) is 6. The van der Waals surface area contributed by atoms with Crippen LogP contribution in [0.5, 0.6) is 11.5 Å². The second-order valence-electron chi connectivity index (χ2n) is 5.30. The van der Waals surface area contributed by atoms with Gasteiger partial charge in [-0.25, -0.2) is 5.43 Å². The SMILES string of the molecule is COc1ccccc1OCC(=O)N/N=C/c1ccc(Sc2ccccc2)o1. The van der Waals surface area contributed by atoms with Crippen LogP contribution in [0.25, 0.3) is 0 Å². The van der Waals surface area contributed by atoms with E-state index in [1.165, 1.54) is 18.0 Å². The van der Waals surface area contributed by atoms with Crippen LogP contribution in [-0.2, 0) is 4.79 Å². The summed E-state index contributed by atoms with van der Waals surface area (Å²) in [6.45, 7) is -0.176. The van der Waals surface area contributed by atoms with Crippen LogP contribution in [0.2, 0.25) is 0 Å². The van der Waals surface area contributed by atoms with Gasteiger partial charge in [-0.15, -0.1) is 0 Å². The molecule has 0 spiro atoms. The average Bonchev–Trinajstić information content (AvgIpc) is 3.14. The van der Waals surface area contributed by atoms with E-state index in [1.807, 2.05) is 42.5 Å². The Kier molecular flexibility index (Phi) is 6.54. The molecule has 0 aliphatic rings. The van der Waals surface area contributed by atoms with Crippen molar-refractivity contribution in [2.45, 2.75) is 9.99 Å². The number of rotatable bonds is 8. The fraction of sp³-hybridized carbons (Fsp3) is 0.100. The lowest BCUT2D eigenvalue weighted by atomic mass is 10.3. The van der Waals surface area contributed by atoms with E-state index in [1.54, 1.807) is 31.4 Å². The average molecular weight is 382 g/mol. The zero-order valence-electron chi connectivity index (χ0n) is 14.6. The summed E-state index contributed by atoms with van der Waals surface area (Å²) in [6.07, 6.45) is 1.44. The van der Waals surface area contributed by atoms with Crippen molar-refractivity contribution in [2.75, 3.05) is 13.7 Å². The van der Waals surface area contributed by atoms with Crippen molar-refractivity contribution in [1.82, 2.24) is 5.43 Å². The van der Waals surface area contributed by atoms with Gasteiger partial charge in [0.15, 0.2) is 23.2 Å². The van der Waals surface area contributed by atoms with Gasteiger partial charge in [0, 0.05) is 4.90 Å². The highest BCUT2D eigenvalue weighted by atomic mass is 32.2. The summed E-state index contributed by atoms with van der Waals surface area (Å²) in [5.74, 6) is 1.21. The lowest BCUT2D eigenvalue weighted by Crippen LogP contribution is -2.24. The third-order valence-electron chi connectivity index (χ3n) is 3.37. The van der Waals surface area contributed by atoms with Crippen molar-refractivity contribution in [3.8, 4) is 11.5 Å². The minimum absolute atomic E-state index is 0.176. The molecule has 27 heavy (non-hydrogen) atoms. The maximum atomic E-state index is 11.8. The van der Waals surface area contributed by atoms with Crippen LogP contribution in [0.3, 0.4) is 0 Å². The molecule has 1 aromatic heterocycles. The number of ether oxygens (including phenoxy) is 2. The molecule has 1 N–H and O–H groups in total. The Balaban J connectivity index is 1.47. The number of carbonyl (C=O) groups is 1. The van der Waals surface area contributed by atoms with Gasteiger partial charge in [0.2, 0.25) is 0 Å². The number of furan rings is 1. The molecule has 6 nitrogen and oxygen atoms in total. The summed E-state index contributed by atoms with van der Waals surface area (Å²) in [7, 11) is 1.54. The number of hydrogen-bond donors (Lipinski definition) is 1. The monoisotopic (exact) mass is 382 g/mol. The van der Waals surface area contributed by atoms with Crippen molar-refractivity contribution < 1.29 is 18.7 Å². The number of para-hydroxylation sites is 2. The number of carbonyl (C=O) groups excluding carboxylic acids is 1. The van der Waals surface area contributed by atoms with Crippen LogP contribution in [0.15, 0.2) is 86.2 Å². The second-order valence-corrected chi connectivity index (χ2v) is 6.38. The summed E-state index contributed by atoms with van der Waals surface area (Å²) in [5.41, 5.74) is 2.40. The van der Waals surface area contributed by atoms with E-state index in [2.05, 4.69) is 10.5 Å². The van der Waals surface area contributed by atoms with Crippen molar-refractivity contribution >= 4 is 23.9 Å². The largest absolute Gasteiger partial charge is 0.493 e. The molecule has 0 radical (unpaired) electrons. The Morgan fingerprint density at radius 3 is 2.59 bits per heavy atom. The molecule has 3 rings (SSSR count). The van der Waals surface area contributed by atoms with E-state index >= 15 is 0 Å². The Labute approximate surface area is 161 Å². The Hall–Kier alpha value is -3.19. The number of amides is 1. The lowest BCUT2D eigenvalue weighted by Gasteiger charge is -2.08. The predicted molar refractivity (Wildman–Crippen MR) is 103 cm³/mol. The highest BCUT2D eigenvalue weighted by Crippen LogP contribution is 2.28. The summed E-state index contributed by atoms with van der Waals surface area (Å²) in [6, 6.07) is 20.7. The van der Waals surface area contributed by atoms with E-state index < -0.39 is 0 Å². The molecule has 2 aromatic carbocycles. The van der Waals surface area contributed by atoms with Gasteiger partial charge in [-0.2, -0.15) is 5.10 Å².